The third-order valence-electron chi connectivity index (χ3n) is 4.17. The van der Waals surface area contributed by atoms with Crippen molar-refractivity contribution in [2.75, 3.05) is 26.2 Å². The predicted octanol–water partition coefficient (Wildman–Crippen LogP) is 2.70. The molecule has 0 amide bonds. The fraction of sp³-hybridized carbons (Fsp3) is 1.00. The molecule has 100 valence electrons. The van der Waals surface area contributed by atoms with Gasteiger partial charge in [0.1, 0.15) is 0 Å². The van der Waals surface area contributed by atoms with Gasteiger partial charge in [0, 0.05) is 32.2 Å². The van der Waals surface area contributed by atoms with Crippen molar-refractivity contribution in [3.8, 4) is 0 Å². The zero-order valence-electron chi connectivity index (χ0n) is 10.3. The maximum atomic E-state index is 12.5. The summed E-state index contributed by atoms with van der Waals surface area (Å²) in [5, 5.41) is 0. The maximum absolute atomic E-state index is 12.5. The smallest absolute Gasteiger partial charge is 0.298 e. The minimum absolute atomic E-state index is 0.134. The van der Waals surface area contributed by atoms with Crippen LogP contribution >= 0.6 is 0 Å². The van der Waals surface area contributed by atoms with E-state index in [4.69, 9.17) is 0 Å². The molecule has 2 rings (SSSR count). The van der Waals surface area contributed by atoms with E-state index in [1.807, 2.05) is 0 Å². The van der Waals surface area contributed by atoms with Crippen LogP contribution in [0, 0.1) is 5.92 Å². The SMILES string of the molecule is C[C@H]1CC[C@H](N2CCN(C(F)(F)F)CC2)CC1. The quantitative estimate of drug-likeness (QED) is 0.660. The van der Waals surface area contributed by atoms with Gasteiger partial charge in [-0.2, -0.15) is 13.2 Å². The van der Waals surface area contributed by atoms with Gasteiger partial charge >= 0.3 is 6.30 Å². The number of rotatable bonds is 1. The number of hydrogen-bond acceptors (Lipinski definition) is 2. The third-order valence-corrected chi connectivity index (χ3v) is 4.17. The Morgan fingerprint density at radius 1 is 0.882 bits per heavy atom. The second-order valence-electron chi connectivity index (χ2n) is 5.40. The molecular weight excluding hydrogens is 229 g/mol. The van der Waals surface area contributed by atoms with Crippen molar-refractivity contribution in [2.45, 2.75) is 44.9 Å². The second kappa shape index (κ2) is 5.14. The molecule has 0 atom stereocenters. The highest BCUT2D eigenvalue weighted by atomic mass is 19.4. The molecule has 1 aliphatic carbocycles. The average molecular weight is 250 g/mol. The summed E-state index contributed by atoms with van der Waals surface area (Å²) >= 11 is 0. The molecule has 0 N–H and O–H groups in total. The Balaban J connectivity index is 1.79. The number of piperazine rings is 1. The van der Waals surface area contributed by atoms with Crippen molar-refractivity contribution in [3.63, 3.8) is 0 Å². The molecule has 2 nitrogen and oxygen atoms in total. The summed E-state index contributed by atoms with van der Waals surface area (Å²) in [6.45, 7) is 3.67. The fourth-order valence-electron chi connectivity index (χ4n) is 2.95. The van der Waals surface area contributed by atoms with Crippen LogP contribution in [-0.4, -0.2) is 48.3 Å². The molecule has 1 saturated heterocycles. The van der Waals surface area contributed by atoms with E-state index in [-0.39, 0.29) is 13.1 Å². The van der Waals surface area contributed by atoms with Crippen molar-refractivity contribution in [1.82, 2.24) is 9.80 Å². The van der Waals surface area contributed by atoms with Crippen LogP contribution in [0.3, 0.4) is 0 Å². The van der Waals surface area contributed by atoms with E-state index >= 15 is 0 Å². The monoisotopic (exact) mass is 250 g/mol. The molecule has 5 heteroatoms. The van der Waals surface area contributed by atoms with Crippen LogP contribution in [0.4, 0.5) is 13.2 Å². The van der Waals surface area contributed by atoms with Crippen LogP contribution < -0.4 is 0 Å². The van der Waals surface area contributed by atoms with E-state index in [0.29, 0.717) is 24.0 Å². The van der Waals surface area contributed by atoms with Gasteiger partial charge < -0.3 is 0 Å². The molecule has 1 saturated carbocycles. The van der Waals surface area contributed by atoms with E-state index in [0.717, 1.165) is 18.8 Å². The average Bonchev–Trinajstić information content (AvgIpc) is 2.29. The van der Waals surface area contributed by atoms with Crippen molar-refractivity contribution in [2.24, 2.45) is 5.92 Å². The van der Waals surface area contributed by atoms with E-state index < -0.39 is 6.30 Å². The molecule has 0 bridgehead atoms. The lowest BCUT2D eigenvalue weighted by Crippen LogP contribution is -2.54. The van der Waals surface area contributed by atoms with E-state index in [2.05, 4.69) is 11.8 Å². The standard InChI is InChI=1S/C12H21F3N2/c1-10-2-4-11(5-3-10)16-6-8-17(9-7-16)12(13,14)15/h10-11H,2-9H2,1H3/t10-,11-. The van der Waals surface area contributed by atoms with Crippen LogP contribution in [0.25, 0.3) is 0 Å². The fourth-order valence-corrected chi connectivity index (χ4v) is 2.95. The summed E-state index contributed by atoms with van der Waals surface area (Å²) in [7, 11) is 0. The summed E-state index contributed by atoms with van der Waals surface area (Å²) < 4.78 is 37.4. The maximum Gasteiger partial charge on any atom is 0.460 e. The predicted molar refractivity (Wildman–Crippen MR) is 60.6 cm³/mol. The Morgan fingerprint density at radius 3 is 1.88 bits per heavy atom. The van der Waals surface area contributed by atoms with Gasteiger partial charge in [-0.05, 0) is 31.6 Å². The van der Waals surface area contributed by atoms with Crippen LogP contribution in [0.2, 0.25) is 0 Å². The Hall–Kier alpha value is -0.290. The topological polar surface area (TPSA) is 6.48 Å². The molecule has 0 aromatic carbocycles. The van der Waals surface area contributed by atoms with Gasteiger partial charge in [-0.1, -0.05) is 6.92 Å². The zero-order chi connectivity index (χ0) is 12.5. The molecule has 2 aliphatic rings. The minimum atomic E-state index is -4.15. The Morgan fingerprint density at radius 2 is 1.41 bits per heavy atom. The molecule has 1 heterocycles. The van der Waals surface area contributed by atoms with E-state index in [1.165, 1.54) is 12.8 Å². The first-order valence-corrected chi connectivity index (χ1v) is 6.52. The summed E-state index contributed by atoms with van der Waals surface area (Å²) in [5.74, 6) is 0.794. The van der Waals surface area contributed by atoms with Gasteiger partial charge in [0.05, 0.1) is 0 Å². The highest BCUT2D eigenvalue weighted by Crippen LogP contribution is 2.29. The van der Waals surface area contributed by atoms with E-state index in [1.54, 1.807) is 0 Å². The third kappa shape index (κ3) is 3.35. The molecule has 1 aliphatic heterocycles. The lowest BCUT2D eigenvalue weighted by Gasteiger charge is -2.41. The summed E-state index contributed by atoms with van der Waals surface area (Å²) in [4.78, 5) is 2.89. The first-order valence-electron chi connectivity index (χ1n) is 6.52. The summed E-state index contributed by atoms with van der Waals surface area (Å²) in [5.41, 5.74) is 0. The minimum Gasteiger partial charge on any atom is -0.298 e. The molecule has 0 spiro atoms. The van der Waals surface area contributed by atoms with E-state index in [9.17, 15) is 13.2 Å². The summed E-state index contributed by atoms with van der Waals surface area (Å²) in [6.07, 6.45) is 0.627. The zero-order valence-corrected chi connectivity index (χ0v) is 10.3. The molecule has 17 heavy (non-hydrogen) atoms. The van der Waals surface area contributed by atoms with Gasteiger partial charge in [-0.15, -0.1) is 0 Å². The highest BCUT2D eigenvalue weighted by molar-refractivity contribution is 4.82. The lowest BCUT2D eigenvalue weighted by atomic mass is 9.86. The first kappa shape index (κ1) is 13.1. The Kier molecular flexibility index (Phi) is 3.98. The molecule has 0 unspecified atom stereocenters. The van der Waals surface area contributed by atoms with Crippen molar-refractivity contribution in [1.29, 1.82) is 0 Å². The Bertz CT molecular complexity index is 239. The van der Waals surface area contributed by atoms with Crippen LogP contribution in [0.1, 0.15) is 32.6 Å². The van der Waals surface area contributed by atoms with Crippen LogP contribution in [0.15, 0.2) is 0 Å². The van der Waals surface area contributed by atoms with Crippen LogP contribution in [-0.2, 0) is 0 Å². The van der Waals surface area contributed by atoms with Crippen molar-refractivity contribution >= 4 is 0 Å². The number of nitrogens with zero attached hydrogens (tertiary/aromatic N) is 2. The molecule has 0 radical (unpaired) electrons. The molecule has 0 aromatic heterocycles. The normalized spacial score (nSPS) is 33.9. The number of hydrogen-bond donors (Lipinski definition) is 0. The van der Waals surface area contributed by atoms with Gasteiger partial charge in [0.25, 0.3) is 0 Å². The van der Waals surface area contributed by atoms with Gasteiger partial charge in [-0.25, -0.2) is 4.90 Å². The van der Waals surface area contributed by atoms with Crippen molar-refractivity contribution < 1.29 is 13.2 Å². The van der Waals surface area contributed by atoms with Gasteiger partial charge in [0.2, 0.25) is 0 Å². The first-order chi connectivity index (χ1) is 7.97. The second-order valence-corrected chi connectivity index (χ2v) is 5.40. The number of alkyl halides is 3. The van der Waals surface area contributed by atoms with Crippen LogP contribution in [0.5, 0.6) is 0 Å². The highest BCUT2D eigenvalue weighted by Gasteiger charge is 2.39. The van der Waals surface area contributed by atoms with Crippen molar-refractivity contribution in [3.05, 3.63) is 0 Å². The van der Waals surface area contributed by atoms with Gasteiger partial charge in [0.15, 0.2) is 0 Å². The largest absolute Gasteiger partial charge is 0.460 e. The van der Waals surface area contributed by atoms with Gasteiger partial charge in [-0.3, -0.25) is 4.90 Å². The molecule has 0 aromatic rings. The molecular formula is C12H21F3N2. The lowest BCUT2D eigenvalue weighted by molar-refractivity contribution is -0.253. The summed E-state index contributed by atoms with van der Waals surface area (Å²) in [6, 6.07) is 0.529. The molecule has 2 fully saturated rings. The Labute approximate surface area is 101 Å². The number of halogens is 3.